The summed E-state index contributed by atoms with van der Waals surface area (Å²) in [5.74, 6) is 0. The van der Waals surface area contributed by atoms with Crippen LogP contribution in [-0.2, 0) is 0 Å². The molecule has 0 aliphatic heterocycles. The summed E-state index contributed by atoms with van der Waals surface area (Å²) >= 11 is 0. The van der Waals surface area contributed by atoms with Crippen molar-refractivity contribution in [3.63, 3.8) is 0 Å². The Bertz CT molecular complexity index is 392. The van der Waals surface area contributed by atoms with Gasteiger partial charge in [-0.05, 0) is 24.6 Å². The van der Waals surface area contributed by atoms with Crippen LogP contribution in [-0.4, -0.2) is 17.4 Å². The first kappa shape index (κ1) is 6.46. The van der Waals surface area contributed by atoms with Crippen LogP contribution in [0.2, 0.25) is 0 Å². The lowest BCUT2D eigenvalue weighted by Gasteiger charge is -1.94. The van der Waals surface area contributed by atoms with Gasteiger partial charge in [-0.3, -0.25) is 0 Å². The topological polar surface area (TPSA) is 17.8 Å². The molecule has 1 heterocycles. The van der Waals surface area contributed by atoms with Crippen LogP contribution in [0.1, 0.15) is 5.56 Å². The highest BCUT2D eigenvalue weighted by Gasteiger charge is 1.96. The molecule has 0 atom stereocenters. The van der Waals surface area contributed by atoms with Gasteiger partial charge in [-0.15, -0.1) is 0 Å². The molecule has 0 N–H and O–H groups in total. The highest BCUT2D eigenvalue weighted by molar-refractivity contribution is 6.10. The number of rotatable bonds is 0. The van der Waals surface area contributed by atoms with E-state index in [-0.39, 0.29) is 0 Å². The lowest BCUT2D eigenvalue weighted by Crippen LogP contribution is -1.86. The maximum Gasteiger partial charge on any atom is 0.236 e. The molecular weight excluding hydrogens is 135 g/mol. The minimum absolute atomic E-state index is 0.951. The molecule has 1 aromatic carbocycles. The van der Waals surface area contributed by atoms with E-state index in [9.17, 15) is 0 Å². The second-order valence-corrected chi connectivity index (χ2v) is 2.64. The highest BCUT2D eigenvalue weighted by Crippen LogP contribution is 2.12. The molecule has 2 aromatic rings. The quantitative estimate of drug-likeness (QED) is 0.506. The fraction of sp³-hybridized carbons (Fsp3) is 0.125. The highest BCUT2D eigenvalue weighted by atomic mass is 15.0. The molecule has 0 amide bonds. The zero-order valence-corrected chi connectivity index (χ0v) is 6.28. The first-order chi connectivity index (χ1) is 5.27. The van der Waals surface area contributed by atoms with Crippen molar-refractivity contribution in [1.29, 1.82) is 0 Å². The molecule has 0 spiro atoms. The van der Waals surface area contributed by atoms with Crippen molar-refractivity contribution < 1.29 is 0 Å². The summed E-state index contributed by atoms with van der Waals surface area (Å²) in [7, 11) is 5.58. The Morgan fingerprint density at radius 2 is 2.27 bits per heavy atom. The van der Waals surface area contributed by atoms with Crippen LogP contribution in [0.4, 0.5) is 0 Å². The zero-order chi connectivity index (χ0) is 7.84. The Balaban J connectivity index is 2.86. The van der Waals surface area contributed by atoms with Crippen molar-refractivity contribution >= 4 is 19.0 Å². The molecule has 0 aliphatic carbocycles. The minimum Gasteiger partial charge on any atom is -0.387 e. The molecule has 1 aromatic heterocycles. The largest absolute Gasteiger partial charge is 0.387 e. The number of imidazole rings is 1. The van der Waals surface area contributed by atoms with Crippen molar-refractivity contribution in [2.75, 3.05) is 0 Å². The normalized spacial score (nSPS) is 10.6. The summed E-state index contributed by atoms with van der Waals surface area (Å²) in [4.78, 5) is 4.12. The second-order valence-electron chi connectivity index (χ2n) is 2.64. The smallest absolute Gasteiger partial charge is 0.236 e. The van der Waals surface area contributed by atoms with Crippen LogP contribution in [0.5, 0.6) is 0 Å². The predicted octanol–water partition coefficient (Wildman–Crippen LogP) is 1.28. The van der Waals surface area contributed by atoms with E-state index >= 15 is 0 Å². The summed E-state index contributed by atoms with van der Waals surface area (Å²) in [6, 6.07) is 6.00. The first-order valence-electron chi connectivity index (χ1n) is 3.46. The lowest BCUT2D eigenvalue weighted by atomic mass is 10.2. The summed E-state index contributed by atoms with van der Waals surface area (Å²) in [6.07, 6.45) is 1.62. The standard InChI is InChI=1S/C8H7BN2/c1-6-2-3-8-7(4-6)10-5-11(8)9/h2-5H,1H3. The number of aryl methyl sites for hydroxylation is 1. The van der Waals surface area contributed by atoms with Gasteiger partial charge in [-0.1, -0.05) is 6.07 Å². The Hall–Kier alpha value is -1.25. The number of fused-ring (bicyclic) bond motifs is 1. The third-order valence-corrected chi connectivity index (χ3v) is 1.73. The van der Waals surface area contributed by atoms with Crippen molar-refractivity contribution in [1.82, 2.24) is 9.46 Å². The van der Waals surface area contributed by atoms with Gasteiger partial charge in [0.1, 0.15) is 0 Å². The number of nitrogens with zero attached hydrogens (tertiary/aromatic N) is 2. The fourth-order valence-electron chi connectivity index (χ4n) is 1.14. The number of hydrogen-bond donors (Lipinski definition) is 0. The molecule has 2 radical (unpaired) electrons. The van der Waals surface area contributed by atoms with E-state index in [0.29, 0.717) is 0 Å². The summed E-state index contributed by atoms with van der Waals surface area (Å²) in [5.41, 5.74) is 3.12. The van der Waals surface area contributed by atoms with E-state index in [4.69, 9.17) is 7.98 Å². The minimum atomic E-state index is 0.951. The van der Waals surface area contributed by atoms with E-state index in [0.717, 1.165) is 11.0 Å². The molecule has 3 heteroatoms. The van der Waals surface area contributed by atoms with Gasteiger partial charge in [-0.2, -0.15) is 0 Å². The Morgan fingerprint density at radius 3 is 3.09 bits per heavy atom. The number of hydrogen-bond acceptors (Lipinski definition) is 1. The predicted molar refractivity (Wildman–Crippen MR) is 45.6 cm³/mol. The Kier molecular flexibility index (Phi) is 1.25. The van der Waals surface area contributed by atoms with Crippen LogP contribution < -0.4 is 0 Å². The molecule has 0 aliphatic rings. The summed E-state index contributed by atoms with van der Waals surface area (Å²) < 4.78 is 1.52. The molecular formula is C8H7BN2. The van der Waals surface area contributed by atoms with Gasteiger partial charge in [0.25, 0.3) is 0 Å². The molecule has 11 heavy (non-hydrogen) atoms. The molecule has 0 saturated heterocycles. The van der Waals surface area contributed by atoms with Crippen molar-refractivity contribution in [2.45, 2.75) is 6.92 Å². The third kappa shape index (κ3) is 0.927. The zero-order valence-electron chi connectivity index (χ0n) is 6.28. The lowest BCUT2D eigenvalue weighted by molar-refractivity contribution is 1.25. The molecule has 52 valence electrons. The van der Waals surface area contributed by atoms with Crippen LogP contribution in [0.3, 0.4) is 0 Å². The average molecular weight is 142 g/mol. The number of benzene rings is 1. The maximum absolute atomic E-state index is 5.58. The van der Waals surface area contributed by atoms with E-state index in [2.05, 4.69) is 4.98 Å². The Morgan fingerprint density at radius 1 is 1.45 bits per heavy atom. The van der Waals surface area contributed by atoms with Crippen LogP contribution in [0.25, 0.3) is 11.0 Å². The van der Waals surface area contributed by atoms with E-state index in [1.54, 1.807) is 6.33 Å². The van der Waals surface area contributed by atoms with Gasteiger partial charge in [-0.25, -0.2) is 4.98 Å². The van der Waals surface area contributed by atoms with E-state index < -0.39 is 0 Å². The molecule has 2 rings (SSSR count). The summed E-state index contributed by atoms with van der Waals surface area (Å²) in [5, 5.41) is 0. The van der Waals surface area contributed by atoms with Crippen LogP contribution in [0, 0.1) is 6.92 Å². The van der Waals surface area contributed by atoms with Gasteiger partial charge in [0.05, 0.1) is 17.4 Å². The van der Waals surface area contributed by atoms with Gasteiger partial charge < -0.3 is 4.48 Å². The molecule has 0 unspecified atom stereocenters. The van der Waals surface area contributed by atoms with Gasteiger partial charge in [0.2, 0.25) is 7.98 Å². The van der Waals surface area contributed by atoms with Crippen LogP contribution in [0.15, 0.2) is 24.5 Å². The molecule has 0 fully saturated rings. The van der Waals surface area contributed by atoms with E-state index in [1.807, 2.05) is 25.1 Å². The molecule has 0 bridgehead atoms. The Labute approximate surface area is 66.3 Å². The maximum atomic E-state index is 5.58. The third-order valence-electron chi connectivity index (χ3n) is 1.73. The van der Waals surface area contributed by atoms with Crippen molar-refractivity contribution in [3.8, 4) is 0 Å². The second kappa shape index (κ2) is 2.12. The average Bonchev–Trinajstić information content (AvgIpc) is 2.32. The first-order valence-corrected chi connectivity index (χ1v) is 3.46. The van der Waals surface area contributed by atoms with Crippen molar-refractivity contribution in [3.05, 3.63) is 30.1 Å². The molecule has 2 nitrogen and oxygen atoms in total. The van der Waals surface area contributed by atoms with Crippen LogP contribution >= 0.6 is 0 Å². The number of aromatic nitrogens is 2. The SMILES string of the molecule is [B]n1cnc2cc(C)ccc21. The fourth-order valence-corrected chi connectivity index (χ4v) is 1.14. The molecule has 0 saturated carbocycles. The monoisotopic (exact) mass is 142 g/mol. The van der Waals surface area contributed by atoms with Gasteiger partial charge >= 0.3 is 0 Å². The van der Waals surface area contributed by atoms with Gasteiger partial charge in [0, 0.05) is 0 Å². The van der Waals surface area contributed by atoms with Crippen molar-refractivity contribution in [2.24, 2.45) is 0 Å². The van der Waals surface area contributed by atoms with Gasteiger partial charge in [0.15, 0.2) is 0 Å². The summed E-state index contributed by atoms with van der Waals surface area (Å²) in [6.45, 7) is 2.04. The van der Waals surface area contributed by atoms with E-state index in [1.165, 1.54) is 10.0 Å².